The van der Waals surface area contributed by atoms with E-state index in [1.54, 1.807) is 12.1 Å². The number of aromatic nitrogens is 1. The maximum Gasteiger partial charge on any atom is 0.417 e. The van der Waals surface area contributed by atoms with Gasteiger partial charge in [0.25, 0.3) is 0 Å². The van der Waals surface area contributed by atoms with Crippen molar-refractivity contribution in [2.75, 3.05) is 0 Å². The largest absolute Gasteiger partial charge is 0.423 e. The van der Waals surface area contributed by atoms with Gasteiger partial charge in [0.05, 0.1) is 11.1 Å². The summed E-state index contributed by atoms with van der Waals surface area (Å²) >= 11 is 0.989. The fourth-order valence-electron chi connectivity index (χ4n) is 2.83. The molecule has 8 heteroatoms. The van der Waals surface area contributed by atoms with Crippen molar-refractivity contribution in [2.24, 2.45) is 0 Å². The van der Waals surface area contributed by atoms with Crippen LogP contribution in [0.2, 0.25) is 0 Å². The lowest BCUT2D eigenvalue weighted by Gasteiger charge is -2.13. The maximum atomic E-state index is 13.3. The summed E-state index contributed by atoms with van der Waals surface area (Å²) in [6, 6.07) is 7.43. The first-order valence-corrected chi connectivity index (χ1v) is 9.24. The van der Waals surface area contributed by atoms with Crippen LogP contribution in [0, 0.1) is 32.1 Å². The van der Waals surface area contributed by atoms with Crippen molar-refractivity contribution in [3.63, 3.8) is 0 Å². The minimum absolute atomic E-state index is 0.0138. The summed E-state index contributed by atoms with van der Waals surface area (Å²) in [5.74, 6) is 0.174. The molecule has 0 N–H and O–H groups in total. The third-order valence-corrected chi connectivity index (χ3v) is 5.36. The van der Waals surface area contributed by atoms with Crippen LogP contribution in [-0.4, -0.2) is 4.98 Å². The van der Waals surface area contributed by atoms with E-state index in [4.69, 9.17) is 4.42 Å². The van der Waals surface area contributed by atoms with Crippen molar-refractivity contribution in [1.82, 2.24) is 4.98 Å². The number of alkyl halides is 3. The van der Waals surface area contributed by atoms with Crippen LogP contribution in [0.1, 0.15) is 33.5 Å². The van der Waals surface area contributed by atoms with E-state index in [-0.39, 0.29) is 16.5 Å². The second kappa shape index (κ2) is 7.32. The molecule has 2 heterocycles. The molecule has 0 bridgehead atoms. The fraction of sp³-hybridized carbons (Fsp3) is 0.250. The molecule has 0 saturated heterocycles. The molecule has 0 saturated carbocycles. The van der Waals surface area contributed by atoms with Gasteiger partial charge in [-0.1, -0.05) is 0 Å². The number of rotatable bonds is 3. The number of aryl methyl sites for hydroxylation is 3. The smallest absolute Gasteiger partial charge is 0.417 e. The first kappa shape index (κ1) is 20.0. The Balaban J connectivity index is 2.06. The highest BCUT2D eigenvalue weighted by atomic mass is 32.2. The van der Waals surface area contributed by atoms with E-state index in [1.807, 2.05) is 19.9 Å². The Hall–Kier alpha value is -2.79. The average Bonchev–Trinajstić information content (AvgIpc) is 2.60. The monoisotopic (exact) mass is 404 g/mol. The molecule has 0 atom stereocenters. The molecule has 3 aromatic rings. The summed E-state index contributed by atoms with van der Waals surface area (Å²) in [6.45, 7) is 5.26. The molecule has 1 aromatic carbocycles. The quantitative estimate of drug-likeness (QED) is 0.438. The number of benzene rings is 1. The van der Waals surface area contributed by atoms with Crippen LogP contribution in [0.5, 0.6) is 0 Å². The molecule has 2 aromatic heterocycles. The molecule has 28 heavy (non-hydrogen) atoms. The summed E-state index contributed by atoms with van der Waals surface area (Å²) in [4.78, 5) is 16.0. The molecule has 0 aliphatic carbocycles. The van der Waals surface area contributed by atoms with Crippen LogP contribution in [0.3, 0.4) is 0 Å². The highest BCUT2D eigenvalue weighted by Gasteiger charge is 2.35. The molecule has 0 radical (unpaired) electrons. The summed E-state index contributed by atoms with van der Waals surface area (Å²) < 4.78 is 45.0. The lowest BCUT2D eigenvalue weighted by atomic mass is 10.0. The maximum absolute atomic E-state index is 13.3. The van der Waals surface area contributed by atoms with Crippen molar-refractivity contribution in [3.8, 4) is 6.07 Å². The number of hydrogen-bond donors (Lipinski definition) is 0. The topological polar surface area (TPSA) is 66.9 Å². The molecular formula is C20H15F3N2O2S. The van der Waals surface area contributed by atoms with E-state index < -0.39 is 22.9 Å². The fourth-order valence-corrected chi connectivity index (χ4v) is 3.87. The molecule has 0 fully saturated rings. The zero-order chi connectivity index (χ0) is 20.6. The summed E-state index contributed by atoms with van der Waals surface area (Å²) in [7, 11) is 0. The van der Waals surface area contributed by atoms with Gasteiger partial charge < -0.3 is 4.42 Å². The Kier molecular flexibility index (Phi) is 5.22. The lowest BCUT2D eigenvalue weighted by Crippen LogP contribution is -2.10. The van der Waals surface area contributed by atoms with Crippen molar-refractivity contribution in [3.05, 3.63) is 68.2 Å². The lowest BCUT2D eigenvalue weighted by molar-refractivity contribution is -0.138. The summed E-state index contributed by atoms with van der Waals surface area (Å²) in [5, 5.41) is 9.96. The zero-order valence-electron chi connectivity index (χ0n) is 15.3. The van der Waals surface area contributed by atoms with Crippen LogP contribution in [-0.2, 0) is 11.9 Å². The molecule has 0 amide bonds. The van der Waals surface area contributed by atoms with E-state index in [2.05, 4.69) is 4.98 Å². The van der Waals surface area contributed by atoms with Gasteiger partial charge in [0.2, 0.25) is 0 Å². The summed E-state index contributed by atoms with van der Waals surface area (Å²) in [5.41, 5.74) is 1.09. The second-order valence-electron chi connectivity index (χ2n) is 6.41. The van der Waals surface area contributed by atoms with Crippen LogP contribution in [0.15, 0.2) is 38.5 Å². The van der Waals surface area contributed by atoms with Gasteiger partial charge in [0.1, 0.15) is 16.7 Å². The Bertz CT molecular complexity index is 1180. The first-order chi connectivity index (χ1) is 13.1. The van der Waals surface area contributed by atoms with Crippen molar-refractivity contribution in [1.29, 1.82) is 5.26 Å². The summed E-state index contributed by atoms with van der Waals surface area (Å²) in [6.07, 6.45) is -4.65. The van der Waals surface area contributed by atoms with Crippen molar-refractivity contribution < 1.29 is 17.6 Å². The van der Waals surface area contributed by atoms with Crippen molar-refractivity contribution >= 4 is 22.7 Å². The van der Waals surface area contributed by atoms with Gasteiger partial charge in [-0.2, -0.15) is 18.4 Å². The predicted molar refractivity (Wildman–Crippen MR) is 100 cm³/mol. The van der Waals surface area contributed by atoms with Gasteiger partial charge in [0.15, 0.2) is 0 Å². The predicted octanol–water partition coefficient (Wildman–Crippen LogP) is 5.30. The van der Waals surface area contributed by atoms with Crippen LogP contribution in [0.25, 0.3) is 11.0 Å². The standard InChI is InChI=1S/C20H15F3N2O2S/c1-10-4-14-13(7-18(26)27-17(14)5-11(10)2)9-28-19-15(8-24)16(20(21,22)23)6-12(3)25-19/h4-7H,9H2,1-3H3. The van der Waals surface area contributed by atoms with Crippen LogP contribution < -0.4 is 5.63 Å². The highest BCUT2D eigenvalue weighted by Crippen LogP contribution is 2.37. The Morgan fingerprint density at radius 1 is 1.14 bits per heavy atom. The molecule has 4 nitrogen and oxygen atoms in total. The molecule has 0 unspecified atom stereocenters. The number of hydrogen-bond acceptors (Lipinski definition) is 5. The Labute approximate surface area is 163 Å². The van der Waals surface area contributed by atoms with Gasteiger partial charge in [-0.05, 0) is 55.7 Å². The van der Waals surface area contributed by atoms with Gasteiger partial charge in [0, 0.05) is 22.9 Å². The minimum atomic E-state index is -4.65. The normalized spacial score (nSPS) is 11.6. The molecule has 0 aliphatic rings. The van der Waals surface area contributed by atoms with Crippen molar-refractivity contribution in [2.45, 2.75) is 37.7 Å². The molecule has 0 spiro atoms. The van der Waals surface area contributed by atoms with E-state index in [0.717, 1.165) is 29.0 Å². The number of fused-ring (bicyclic) bond motifs is 1. The first-order valence-electron chi connectivity index (χ1n) is 8.26. The van der Waals surface area contributed by atoms with Crippen LogP contribution >= 0.6 is 11.8 Å². The number of halogens is 3. The molecule has 144 valence electrons. The third kappa shape index (κ3) is 3.90. The van der Waals surface area contributed by atoms with E-state index >= 15 is 0 Å². The second-order valence-corrected chi connectivity index (χ2v) is 7.38. The van der Waals surface area contributed by atoms with E-state index in [9.17, 15) is 23.2 Å². The Morgan fingerprint density at radius 3 is 2.46 bits per heavy atom. The van der Waals surface area contributed by atoms with Gasteiger partial charge in [-0.25, -0.2) is 9.78 Å². The average molecular weight is 404 g/mol. The number of thioether (sulfide) groups is 1. The van der Waals surface area contributed by atoms with Gasteiger partial charge in [-0.15, -0.1) is 11.8 Å². The number of nitrogens with zero attached hydrogens (tertiary/aromatic N) is 2. The molecule has 0 aliphatic heterocycles. The third-order valence-electron chi connectivity index (χ3n) is 4.34. The minimum Gasteiger partial charge on any atom is -0.423 e. The Morgan fingerprint density at radius 2 is 1.82 bits per heavy atom. The number of nitriles is 1. The van der Waals surface area contributed by atoms with E-state index in [0.29, 0.717) is 16.5 Å². The highest BCUT2D eigenvalue weighted by molar-refractivity contribution is 7.98. The zero-order valence-corrected chi connectivity index (χ0v) is 16.1. The van der Waals surface area contributed by atoms with Gasteiger partial charge >= 0.3 is 11.8 Å². The van der Waals surface area contributed by atoms with Crippen LogP contribution in [0.4, 0.5) is 13.2 Å². The van der Waals surface area contributed by atoms with Gasteiger partial charge in [-0.3, -0.25) is 0 Å². The molecular weight excluding hydrogens is 389 g/mol. The van der Waals surface area contributed by atoms with E-state index in [1.165, 1.54) is 13.0 Å². The molecule has 3 rings (SSSR count). The number of pyridine rings is 1. The SMILES string of the molecule is Cc1cc(C(F)(F)F)c(C#N)c(SCc2cc(=O)oc3cc(C)c(C)cc23)n1.